The van der Waals surface area contributed by atoms with E-state index in [0.29, 0.717) is 18.1 Å². The van der Waals surface area contributed by atoms with Crippen LogP contribution in [-0.2, 0) is 16.0 Å². The van der Waals surface area contributed by atoms with Crippen LogP contribution >= 0.6 is 0 Å². The number of carbonyl (C=O) groups excluding carboxylic acids is 2. The number of carbonyl (C=O) groups is 2. The summed E-state index contributed by atoms with van der Waals surface area (Å²) < 4.78 is 6.19. The highest BCUT2D eigenvalue weighted by Gasteiger charge is 2.39. The normalized spacial score (nSPS) is 20.7. The minimum Gasteiger partial charge on any atom is -0.481 e. The first-order valence-electron chi connectivity index (χ1n) is 12.5. The zero-order valence-electron chi connectivity index (χ0n) is 19.7. The van der Waals surface area contributed by atoms with Gasteiger partial charge in [0, 0.05) is 19.0 Å². The van der Waals surface area contributed by atoms with Crippen LogP contribution in [0, 0.1) is 18.8 Å². The summed E-state index contributed by atoms with van der Waals surface area (Å²) in [6.07, 6.45) is 5.36. The summed E-state index contributed by atoms with van der Waals surface area (Å²) in [7, 11) is 0. The Balaban J connectivity index is 1.43. The monoisotopic (exact) mass is 446 g/mol. The van der Waals surface area contributed by atoms with Crippen molar-refractivity contribution in [1.82, 2.24) is 10.2 Å². The Labute approximate surface area is 196 Å². The van der Waals surface area contributed by atoms with E-state index in [1.54, 1.807) is 0 Å². The molecule has 2 aromatic rings. The highest BCUT2D eigenvalue weighted by atomic mass is 16.5. The van der Waals surface area contributed by atoms with Crippen LogP contribution < -0.4 is 10.1 Å². The summed E-state index contributed by atoms with van der Waals surface area (Å²) in [6.45, 7) is 5.55. The van der Waals surface area contributed by atoms with Crippen LogP contribution in [-0.4, -0.2) is 35.9 Å². The van der Waals surface area contributed by atoms with Crippen molar-refractivity contribution in [2.75, 3.05) is 13.1 Å². The fraction of sp³-hybridized carbons (Fsp3) is 0.500. The van der Waals surface area contributed by atoms with Crippen molar-refractivity contribution in [2.45, 2.75) is 64.5 Å². The summed E-state index contributed by atoms with van der Waals surface area (Å²) in [5.41, 5.74) is 4.69. The number of fused-ring (bicyclic) bond motifs is 1. The van der Waals surface area contributed by atoms with E-state index in [1.165, 1.54) is 24.0 Å². The van der Waals surface area contributed by atoms with E-state index in [9.17, 15) is 9.59 Å². The lowest BCUT2D eigenvalue weighted by Crippen LogP contribution is -2.41. The number of aryl methyl sites for hydroxylation is 1. The van der Waals surface area contributed by atoms with Gasteiger partial charge in [-0.2, -0.15) is 0 Å². The third-order valence-electron chi connectivity index (χ3n) is 7.12. The molecule has 174 valence electrons. The van der Waals surface area contributed by atoms with Crippen molar-refractivity contribution in [3.63, 3.8) is 0 Å². The summed E-state index contributed by atoms with van der Waals surface area (Å²) in [6, 6.07) is 14.5. The van der Waals surface area contributed by atoms with E-state index in [1.807, 2.05) is 13.0 Å². The Morgan fingerprint density at radius 2 is 1.94 bits per heavy atom. The summed E-state index contributed by atoms with van der Waals surface area (Å²) in [5, 5.41) is 3.04. The lowest BCUT2D eigenvalue weighted by molar-refractivity contribution is -0.134. The highest BCUT2D eigenvalue weighted by Crippen LogP contribution is 2.41. The Bertz CT molecular complexity index is 1040. The van der Waals surface area contributed by atoms with E-state index < -0.39 is 6.10 Å². The number of nitrogens with zero attached hydrogens (tertiary/aromatic N) is 1. The number of ether oxygens (including phenoxy) is 1. The Morgan fingerprint density at radius 3 is 2.64 bits per heavy atom. The average molecular weight is 447 g/mol. The molecule has 2 saturated carbocycles. The molecule has 2 aliphatic carbocycles. The molecule has 0 radical (unpaired) electrons. The molecule has 2 amide bonds. The number of amides is 2. The predicted molar refractivity (Wildman–Crippen MR) is 128 cm³/mol. The van der Waals surface area contributed by atoms with Gasteiger partial charge in [-0.1, -0.05) is 42.8 Å². The third kappa shape index (κ3) is 4.92. The van der Waals surface area contributed by atoms with Crippen LogP contribution in [0.2, 0.25) is 0 Å². The van der Waals surface area contributed by atoms with Crippen LogP contribution in [0.3, 0.4) is 0 Å². The number of hydrogen-bond donors (Lipinski definition) is 1. The largest absolute Gasteiger partial charge is 0.481 e. The van der Waals surface area contributed by atoms with Gasteiger partial charge in [0.15, 0.2) is 6.10 Å². The van der Waals surface area contributed by atoms with Gasteiger partial charge in [0.05, 0.1) is 6.04 Å². The third-order valence-corrected chi connectivity index (χ3v) is 7.12. The molecule has 2 atom stereocenters. The molecule has 0 unspecified atom stereocenters. The Morgan fingerprint density at radius 1 is 1.12 bits per heavy atom. The number of nitrogens with one attached hydrogen (secondary N) is 1. The van der Waals surface area contributed by atoms with Crippen molar-refractivity contribution >= 4 is 11.8 Å². The molecule has 1 heterocycles. The molecule has 5 rings (SSSR count). The SMILES string of the molecule is CC[C@H](Oc1ccc2c(c1)[C@@H](c1cccc(C)c1)N(C(=O)C1CC1)CC2)C(=O)NCC1CC1. The molecule has 5 nitrogen and oxygen atoms in total. The summed E-state index contributed by atoms with van der Waals surface area (Å²) >= 11 is 0. The fourth-order valence-corrected chi connectivity index (χ4v) is 4.84. The maximum atomic E-state index is 13.2. The molecule has 2 fully saturated rings. The highest BCUT2D eigenvalue weighted by molar-refractivity contribution is 5.82. The first-order chi connectivity index (χ1) is 16.0. The molecule has 0 bridgehead atoms. The number of rotatable bonds is 8. The van der Waals surface area contributed by atoms with Crippen molar-refractivity contribution in [3.8, 4) is 5.75 Å². The molecule has 5 heteroatoms. The topological polar surface area (TPSA) is 58.6 Å². The van der Waals surface area contributed by atoms with Crippen molar-refractivity contribution < 1.29 is 14.3 Å². The molecule has 1 aliphatic heterocycles. The van der Waals surface area contributed by atoms with E-state index in [2.05, 4.69) is 53.5 Å². The number of benzene rings is 2. The second kappa shape index (κ2) is 9.20. The molecular weight excluding hydrogens is 412 g/mol. The lowest BCUT2D eigenvalue weighted by Gasteiger charge is -2.38. The maximum absolute atomic E-state index is 13.2. The number of hydrogen-bond acceptors (Lipinski definition) is 3. The zero-order chi connectivity index (χ0) is 22.9. The van der Waals surface area contributed by atoms with Crippen LogP contribution in [0.4, 0.5) is 0 Å². The molecule has 3 aliphatic rings. The lowest BCUT2D eigenvalue weighted by atomic mass is 9.87. The van der Waals surface area contributed by atoms with Gasteiger partial charge >= 0.3 is 0 Å². The molecule has 0 saturated heterocycles. The fourth-order valence-electron chi connectivity index (χ4n) is 4.84. The van der Waals surface area contributed by atoms with Crippen molar-refractivity contribution in [1.29, 1.82) is 0 Å². The van der Waals surface area contributed by atoms with E-state index in [-0.39, 0.29) is 23.8 Å². The van der Waals surface area contributed by atoms with Crippen LogP contribution in [0.15, 0.2) is 42.5 Å². The second-order valence-corrected chi connectivity index (χ2v) is 9.94. The van der Waals surface area contributed by atoms with Gasteiger partial charge in [0.2, 0.25) is 5.91 Å². The van der Waals surface area contributed by atoms with Gasteiger partial charge in [0.1, 0.15) is 5.75 Å². The summed E-state index contributed by atoms with van der Waals surface area (Å²) in [5.74, 6) is 1.74. The predicted octanol–water partition coefficient (Wildman–Crippen LogP) is 4.56. The summed E-state index contributed by atoms with van der Waals surface area (Å²) in [4.78, 5) is 27.9. The average Bonchev–Trinajstić information content (AvgIpc) is 3.73. The maximum Gasteiger partial charge on any atom is 0.261 e. The van der Waals surface area contributed by atoms with Gasteiger partial charge in [0.25, 0.3) is 5.91 Å². The molecular formula is C28H34N2O3. The van der Waals surface area contributed by atoms with Crippen molar-refractivity contribution in [3.05, 3.63) is 64.7 Å². The van der Waals surface area contributed by atoms with Gasteiger partial charge in [-0.15, -0.1) is 0 Å². The van der Waals surface area contributed by atoms with Gasteiger partial charge in [-0.25, -0.2) is 0 Å². The van der Waals surface area contributed by atoms with E-state index in [4.69, 9.17) is 4.74 Å². The minimum atomic E-state index is -0.507. The molecule has 0 aromatic heterocycles. The van der Waals surface area contributed by atoms with Crippen LogP contribution in [0.1, 0.15) is 67.3 Å². The molecule has 0 spiro atoms. The van der Waals surface area contributed by atoms with E-state index >= 15 is 0 Å². The Hall–Kier alpha value is -2.82. The van der Waals surface area contributed by atoms with Gasteiger partial charge in [-0.05, 0) is 80.2 Å². The first kappa shape index (κ1) is 22.0. The van der Waals surface area contributed by atoms with Gasteiger partial charge in [-0.3, -0.25) is 9.59 Å². The molecule has 1 N–H and O–H groups in total. The minimum absolute atomic E-state index is 0.0390. The van der Waals surface area contributed by atoms with Crippen LogP contribution in [0.5, 0.6) is 5.75 Å². The second-order valence-electron chi connectivity index (χ2n) is 9.94. The van der Waals surface area contributed by atoms with Gasteiger partial charge < -0.3 is 15.0 Å². The van der Waals surface area contributed by atoms with Crippen molar-refractivity contribution in [2.24, 2.45) is 11.8 Å². The standard InChI is InChI=1S/C28H34N2O3/c1-3-25(27(31)29-17-19-7-8-19)33-23-12-11-20-13-14-30(28(32)21-9-10-21)26(24(20)16-23)22-6-4-5-18(2)15-22/h4-6,11-12,15-16,19,21,25-26H,3,7-10,13-14,17H2,1-2H3,(H,29,31)/t25-,26+/m0/s1. The quantitative estimate of drug-likeness (QED) is 0.647. The van der Waals surface area contributed by atoms with E-state index in [0.717, 1.165) is 43.5 Å². The molecule has 33 heavy (non-hydrogen) atoms. The smallest absolute Gasteiger partial charge is 0.261 e. The molecule has 2 aromatic carbocycles. The Kier molecular flexibility index (Phi) is 6.13. The van der Waals surface area contributed by atoms with Crippen LogP contribution in [0.25, 0.3) is 0 Å². The first-order valence-corrected chi connectivity index (χ1v) is 12.5. The zero-order valence-corrected chi connectivity index (χ0v) is 19.7.